The van der Waals surface area contributed by atoms with E-state index in [4.69, 9.17) is 4.74 Å². The molecular weight excluding hydrogens is 348 g/mol. The van der Waals surface area contributed by atoms with Gasteiger partial charge in [-0.25, -0.2) is 9.59 Å². The average molecular weight is 376 g/mol. The van der Waals surface area contributed by atoms with Crippen molar-refractivity contribution in [3.8, 4) is 0 Å². The molecule has 1 rings (SSSR count). The molecule has 0 aliphatic heterocycles. The molecule has 0 unspecified atom stereocenters. The Morgan fingerprint density at radius 1 is 1.15 bits per heavy atom. The summed E-state index contributed by atoms with van der Waals surface area (Å²) in [5.74, 6) is -0.769. The number of hydrogen-bond acceptors (Lipinski definition) is 6. The molecule has 27 heavy (non-hydrogen) atoms. The predicted octanol–water partition coefficient (Wildman–Crippen LogP) is 2.36. The maximum absolute atomic E-state index is 12.6. The lowest BCUT2D eigenvalue weighted by molar-refractivity contribution is -0.142. The lowest BCUT2D eigenvalue weighted by Gasteiger charge is -2.22. The number of carbonyl (C=O) groups is 3. The molecule has 7 nitrogen and oxygen atoms in total. The van der Waals surface area contributed by atoms with Crippen LogP contribution in [0.4, 0.5) is 4.79 Å². The third-order valence-corrected chi connectivity index (χ3v) is 3.47. The van der Waals surface area contributed by atoms with E-state index in [2.05, 4.69) is 15.4 Å². The number of hydrogen-bond donors (Lipinski definition) is 2. The molecule has 2 N–H and O–H groups in total. The number of benzene rings is 1. The maximum Gasteiger partial charge on any atom is 0.408 e. The molecule has 0 aliphatic carbocycles. The zero-order valence-electron chi connectivity index (χ0n) is 16.4. The Balaban J connectivity index is 2.81. The number of esters is 1. The van der Waals surface area contributed by atoms with Gasteiger partial charge in [0, 0.05) is 12.6 Å². The van der Waals surface area contributed by atoms with Crippen LogP contribution in [0.15, 0.2) is 42.6 Å². The van der Waals surface area contributed by atoms with Gasteiger partial charge in [0.25, 0.3) is 0 Å². The van der Waals surface area contributed by atoms with Gasteiger partial charge in [0.05, 0.1) is 13.2 Å². The fraction of sp³-hybridized carbons (Fsp3) is 0.450. The van der Waals surface area contributed by atoms with Gasteiger partial charge >= 0.3 is 12.1 Å². The van der Waals surface area contributed by atoms with Crippen molar-refractivity contribution in [1.82, 2.24) is 10.6 Å². The average Bonchev–Trinajstić information content (AvgIpc) is 2.59. The number of alkyl carbamates (subject to hydrolysis) is 1. The molecule has 1 amide bonds. The first-order chi connectivity index (χ1) is 12.6. The quantitative estimate of drug-likeness (QED) is 0.534. The summed E-state index contributed by atoms with van der Waals surface area (Å²) in [6.45, 7) is 6.86. The predicted molar refractivity (Wildman–Crippen MR) is 102 cm³/mol. The van der Waals surface area contributed by atoms with E-state index in [-0.39, 0.29) is 5.78 Å². The third kappa shape index (κ3) is 8.89. The van der Waals surface area contributed by atoms with Gasteiger partial charge in [0.1, 0.15) is 11.6 Å². The molecule has 0 saturated heterocycles. The zero-order chi connectivity index (χ0) is 20.4. The number of ketones is 1. The van der Waals surface area contributed by atoms with Crippen LogP contribution < -0.4 is 10.6 Å². The van der Waals surface area contributed by atoms with Crippen molar-refractivity contribution in [3.05, 3.63) is 48.2 Å². The summed E-state index contributed by atoms with van der Waals surface area (Å²) in [5, 5.41) is 5.37. The number of carbonyl (C=O) groups excluding carboxylic acids is 3. The Labute approximate surface area is 160 Å². The van der Waals surface area contributed by atoms with Crippen LogP contribution in [0.2, 0.25) is 0 Å². The summed E-state index contributed by atoms with van der Waals surface area (Å²) in [6.07, 6.45) is 2.31. The zero-order valence-corrected chi connectivity index (χ0v) is 16.4. The third-order valence-electron chi connectivity index (χ3n) is 3.47. The van der Waals surface area contributed by atoms with Crippen LogP contribution in [0.25, 0.3) is 0 Å². The Kier molecular flexibility index (Phi) is 8.51. The van der Waals surface area contributed by atoms with Crippen LogP contribution in [-0.4, -0.2) is 42.6 Å². The van der Waals surface area contributed by atoms with Crippen LogP contribution in [0.3, 0.4) is 0 Å². The molecule has 1 aromatic carbocycles. The summed E-state index contributed by atoms with van der Waals surface area (Å²) in [4.78, 5) is 36.0. The number of rotatable bonds is 8. The lowest BCUT2D eigenvalue weighted by Crippen LogP contribution is -2.44. The monoisotopic (exact) mass is 376 g/mol. The maximum atomic E-state index is 12.6. The number of methoxy groups -OCH3 is 1. The molecule has 2 atom stereocenters. The van der Waals surface area contributed by atoms with Crippen molar-refractivity contribution in [2.24, 2.45) is 0 Å². The Morgan fingerprint density at radius 2 is 1.78 bits per heavy atom. The van der Waals surface area contributed by atoms with Crippen molar-refractivity contribution >= 4 is 17.8 Å². The summed E-state index contributed by atoms with van der Waals surface area (Å²) < 4.78 is 9.84. The SMILES string of the molecule is COC(=O)[C@H](C)N/C=C\C(=O)[C@H](Cc1ccccc1)NC(=O)OC(C)(C)C. The summed E-state index contributed by atoms with van der Waals surface area (Å²) >= 11 is 0. The van der Waals surface area contributed by atoms with Crippen LogP contribution in [-0.2, 0) is 25.5 Å². The van der Waals surface area contributed by atoms with Crippen molar-refractivity contribution in [2.75, 3.05) is 7.11 Å². The normalized spacial score (nSPS) is 13.5. The van der Waals surface area contributed by atoms with Crippen molar-refractivity contribution in [1.29, 1.82) is 0 Å². The minimum absolute atomic E-state index is 0.315. The minimum Gasteiger partial charge on any atom is -0.467 e. The van der Waals surface area contributed by atoms with Gasteiger partial charge in [-0.05, 0) is 39.3 Å². The number of nitrogens with one attached hydrogen (secondary N) is 2. The molecular formula is C20H28N2O5. The molecule has 0 aliphatic rings. The summed E-state index contributed by atoms with van der Waals surface area (Å²) in [6, 6.07) is 7.95. The molecule has 7 heteroatoms. The molecule has 0 saturated carbocycles. The number of ether oxygens (including phenoxy) is 2. The second-order valence-electron chi connectivity index (χ2n) is 7.04. The molecule has 0 radical (unpaired) electrons. The van der Waals surface area contributed by atoms with Crippen molar-refractivity contribution < 1.29 is 23.9 Å². The first-order valence-corrected chi connectivity index (χ1v) is 8.70. The van der Waals surface area contributed by atoms with E-state index in [1.165, 1.54) is 19.4 Å². The van der Waals surface area contributed by atoms with Crippen LogP contribution in [0.1, 0.15) is 33.3 Å². The topological polar surface area (TPSA) is 93.7 Å². The largest absolute Gasteiger partial charge is 0.467 e. The van der Waals surface area contributed by atoms with Crippen molar-refractivity contribution in [3.63, 3.8) is 0 Å². The second-order valence-corrected chi connectivity index (χ2v) is 7.04. The van der Waals surface area contributed by atoms with E-state index < -0.39 is 29.7 Å². The molecule has 0 aromatic heterocycles. The van der Waals surface area contributed by atoms with E-state index in [1.54, 1.807) is 27.7 Å². The van der Waals surface area contributed by atoms with Crippen molar-refractivity contribution in [2.45, 2.75) is 51.8 Å². The fourth-order valence-electron chi connectivity index (χ4n) is 2.16. The molecule has 0 bridgehead atoms. The highest BCUT2D eigenvalue weighted by atomic mass is 16.6. The van der Waals surface area contributed by atoms with Gasteiger partial charge in [0.2, 0.25) is 0 Å². The molecule has 0 spiro atoms. The highest BCUT2D eigenvalue weighted by molar-refractivity contribution is 5.96. The fourth-order valence-corrected chi connectivity index (χ4v) is 2.16. The van der Waals surface area contributed by atoms with Crippen LogP contribution >= 0.6 is 0 Å². The van der Waals surface area contributed by atoms with Gasteiger partial charge in [-0.3, -0.25) is 4.79 Å². The van der Waals surface area contributed by atoms with E-state index in [1.807, 2.05) is 30.3 Å². The molecule has 148 valence electrons. The lowest BCUT2D eigenvalue weighted by atomic mass is 10.0. The van der Waals surface area contributed by atoms with E-state index in [9.17, 15) is 14.4 Å². The molecule has 0 fully saturated rings. The van der Waals surface area contributed by atoms with Crippen LogP contribution in [0.5, 0.6) is 0 Å². The first-order valence-electron chi connectivity index (χ1n) is 8.70. The summed E-state index contributed by atoms with van der Waals surface area (Å²) in [7, 11) is 1.29. The number of amides is 1. The van der Waals surface area contributed by atoms with Gasteiger partial charge in [-0.2, -0.15) is 0 Å². The molecule has 1 aromatic rings. The molecule has 0 heterocycles. The van der Waals surface area contributed by atoms with E-state index >= 15 is 0 Å². The smallest absolute Gasteiger partial charge is 0.408 e. The van der Waals surface area contributed by atoms with Gasteiger partial charge < -0.3 is 20.1 Å². The highest BCUT2D eigenvalue weighted by Crippen LogP contribution is 2.09. The Hall–Kier alpha value is -2.83. The van der Waals surface area contributed by atoms with Crippen LogP contribution in [0, 0.1) is 0 Å². The Bertz CT molecular complexity index is 665. The van der Waals surface area contributed by atoms with E-state index in [0.717, 1.165) is 5.56 Å². The summed E-state index contributed by atoms with van der Waals surface area (Å²) in [5.41, 5.74) is 0.230. The van der Waals surface area contributed by atoms with E-state index in [0.29, 0.717) is 6.42 Å². The second kappa shape index (κ2) is 10.4. The van der Waals surface area contributed by atoms with Gasteiger partial charge in [-0.15, -0.1) is 0 Å². The van der Waals surface area contributed by atoms with Gasteiger partial charge in [-0.1, -0.05) is 30.3 Å². The minimum atomic E-state index is -0.797. The van der Waals surface area contributed by atoms with Gasteiger partial charge in [0.15, 0.2) is 5.78 Å². The first kappa shape index (κ1) is 22.2. The highest BCUT2D eigenvalue weighted by Gasteiger charge is 2.23. The Morgan fingerprint density at radius 3 is 2.33 bits per heavy atom. The standard InChI is InChI=1S/C20H28N2O5/c1-14(18(24)26-5)21-12-11-17(23)16(13-15-9-7-6-8-10-15)22-19(25)27-20(2,3)4/h6-12,14,16,21H,13H2,1-5H3,(H,22,25)/b12-11-/t14-,16-/m0/s1.